The zero-order chi connectivity index (χ0) is 16.1. The molecule has 1 N–H and O–H groups in total. The van der Waals surface area contributed by atoms with E-state index in [2.05, 4.69) is 59.1 Å². The van der Waals surface area contributed by atoms with Crippen LogP contribution in [-0.2, 0) is 6.42 Å². The van der Waals surface area contributed by atoms with Crippen molar-refractivity contribution in [2.24, 2.45) is 0 Å². The van der Waals surface area contributed by atoms with E-state index in [-0.39, 0.29) is 0 Å². The first kappa shape index (κ1) is 15.7. The van der Waals surface area contributed by atoms with E-state index in [1.54, 1.807) is 6.33 Å². The summed E-state index contributed by atoms with van der Waals surface area (Å²) in [5.74, 6) is 1.64. The highest BCUT2D eigenvalue weighted by atomic mass is 15.0. The zero-order valence-electron chi connectivity index (χ0n) is 13.8. The fourth-order valence-electron chi connectivity index (χ4n) is 3.53. The predicted molar refractivity (Wildman–Crippen MR) is 96.6 cm³/mol. The first-order chi connectivity index (χ1) is 11.3. The number of benzene rings is 1. The highest BCUT2D eigenvalue weighted by Crippen LogP contribution is 2.34. The molecule has 120 valence electrons. The average molecular weight is 307 g/mol. The third kappa shape index (κ3) is 3.61. The van der Waals surface area contributed by atoms with Gasteiger partial charge in [-0.25, -0.2) is 9.97 Å². The molecule has 1 heterocycles. The Labute approximate surface area is 138 Å². The Balaban J connectivity index is 1.64. The molecule has 0 unspecified atom stereocenters. The Morgan fingerprint density at radius 1 is 1.13 bits per heavy atom. The van der Waals surface area contributed by atoms with Crippen molar-refractivity contribution in [2.75, 3.05) is 5.32 Å². The van der Waals surface area contributed by atoms with Gasteiger partial charge in [-0.15, -0.1) is 0 Å². The van der Waals surface area contributed by atoms with Crippen LogP contribution in [0.1, 0.15) is 55.3 Å². The lowest BCUT2D eigenvalue weighted by Gasteiger charge is -2.30. The van der Waals surface area contributed by atoms with Crippen LogP contribution in [0, 0.1) is 0 Å². The molecule has 3 heteroatoms. The zero-order valence-corrected chi connectivity index (χ0v) is 13.8. The number of aryl methyl sites for hydroxylation is 1. The predicted octanol–water partition coefficient (Wildman–Crippen LogP) is 4.82. The first-order valence-corrected chi connectivity index (χ1v) is 8.59. The van der Waals surface area contributed by atoms with E-state index < -0.39 is 0 Å². The molecule has 0 amide bonds. The van der Waals surface area contributed by atoms with Gasteiger partial charge >= 0.3 is 0 Å². The van der Waals surface area contributed by atoms with Crippen molar-refractivity contribution >= 4 is 11.9 Å². The number of nitrogens with one attached hydrogen (secondary N) is 1. The molecule has 3 rings (SSSR count). The largest absolute Gasteiger partial charge is 0.367 e. The summed E-state index contributed by atoms with van der Waals surface area (Å²) in [6, 6.07) is 11.4. The minimum Gasteiger partial charge on any atom is -0.367 e. The number of hydrogen-bond acceptors (Lipinski definition) is 3. The molecule has 1 fully saturated rings. The summed E-state index contributed by atoms with van der Waals surface area (Å²) in [4.78, 5) is 8.79. The van der Waals surface area contributed by atoms with Crippen LogP contribution >= 0.6 is 0 Å². The van der Waals surface area contributed by atoms with Crippen LogP contribution in [0.15, 0.2) is 43.2 Å². The molecule has 0 radical (unpaired) electrons. The lowest BCUT2D eigenvalue weighted by atomic mass is 9.82. The van der Waals surface area contributed by atoms with Crippen LogP contribution in [0.5, 0.6) is 0 Å². The van der Waals surface area contributed by atoms with E-state index in [1.807, 2.05) is 6.08 Å². The number of nitrogens with zero attached hydrogens (tertiary/aromatic N) is 2. The topological polar surface area (TPSA) is 37.8 Å². The molecular formula is C20H25N3. The number of hydrogen-bond donors (Lipinski definition) is 1. The van der Waals surface area contributed by atoms with Crippen molar-refractivity contribution in [3.05, 3.63) is 60.1 Å². The van der Waals surface area contributed by atoms with Crippen LogP contribution in [0.2, 0.25) is 0 Å². The highest BCUT2D eigenvalue weighted by molar-refractivity contribution is 5.64. The molecule has 3 nitrogen and oxygen atoms in total. The Bertz CT molecular complexity index is 643. The molecule has 1 aliphatic rings. The first-order valence-electron chi connectivity index (χ1n) is 8.59. The molecule has 0 aliphatic heterocycles. The normalized spacial score (nSPS) is 20.9. The second-order valence-electron chi connectivity index (χ2n) is 6.24. The van der Waals surface area contributed by atoms with Gasteiger partial charge in [0.1, 0.15) is 12.1 Å². The minimum atomic E-state index is 0.494. The van der Waals surface area contributed by atoms with E-state index >= 15 is 0 Å². The summed E-state index contributed by atoms with van der Waals surface area (Å²) in [6.07, 6.45) is 9.26. The van der Waals surface area contributed by atoms with Gasteiger partial charge in [0.05, 0.1) is 5.69 Å². The Kier molecular flexibility index (Phi) is 5.06. The van der Waals surface area contributed by atoms with E-state index in [1.165, 1.54) is 31.2 Å². The standard InChI is InChI=1S/C20H25N3/c1-3-18-19(4-2)21-14-22-20(18)23-17-12-10-16(11-13-17)15-8-6-5-7-9-15/h3,5-9,14,16-17H,1,4,10-13H2,2H3,(H,21,22,23). The van der Waals surface area contributed by atoms with Gasteiger partial charge in [0.2, 0.25) is 0 Å². The molecule has 1 saturated carbocycles. The Morgan fingerprint density at radius 3 is 2.52 bits per heavy atom. The van der Waals surface area contributed by atoms with E-state index in [9.17, 15) is 0 Å². The van der Waals surface area contributed by atoms with Crippen molar-refractivity contribution in [2.45, 2.75) is 51.0 Å². The second-order valence-corrected chi connectivity index (χ2v) is 6.24. The van der Waals surface area contributed by atoms with Gasteiger partial charge in [0.15, 0.2) is 0 Å². The Morgan fingerprint density at radius 2 is 1.87 bits per heavy atom. The fraction of sp³-hybridized carbons (Fsp3) is 0.400. The van der Waals surface area contributed by atoms with Crippen LogP contribution in [0.25, 0.3) is 6.08 Å². The molecule has 0 bridgehead atoms. The number of aromatic nitrogens is 2. The summed E-state index contributed by atoms with van der Waals surface area (Å²) < 4.78 is 0. The second kappa shape index (κ2) is 7.40. The lowest BCUT2D eigenvalue weighted by Crippen LogP contribution is -2.26. The minimum absolute atomic E-state index is 0.494. The quantitative estimate of drug-likeness (QED) is 0.860. The van der Waals surface area contributed by atoms with Crippen molar-refractivity contribution < 1.29 is 0 Å². The molecular weight excluding hydrogens is 282 g/mol. The van der Waals surface area contributed by atoms with Gasteiger partial charge in [0.25, 0.3) is 0 Å². The van der Waals surface area contributed by atoms with Crippen molar-refractivity contribution in [1.29, 1.82) is 0 Å². The van der Waals surface area contributed by atoms with Crippen molar-refractivity contribution in [1.82, 2.24) is 9.97 Å². The van der Waals surface area contributed by atoms with Gasteiger partial charge in [0, 0.05) is 11.6 Å². The van der Waals surface area contributed by atoms with E-state index in [0.29, 0.717) is 12.0 Å². The summed E-state index contributed by atoms with van der Waals surface area (Å²) in [6.45, 7) is 6.04. The van der Waals surface area contributed by atoms with E-state index in [4.69, 9.17) is 0 Å². The molecule has 0 atom stereocenters. The SMILES string of the molecule is C=Cc1c(CC)ncnc1NC1CCC(c2ccccc2)CC1. The fourth-order valence-corrected chi connectivity index (χ4v) is 3.53. The van der Waals surface area contributed by atoms with Gasteiger partial charge in [-0.2, -0.15) is 0 Å². The van der Waals surface area contributed by atoms with Crippen LogP contribution in [0.4, 0.5) is 5.82 Å². The van der Waals surface area contributed by atoms with Gasteiger partial charge in [-0.05, 0) is 43.6 Å². The summed E-state index contributed by atoms with van der Waals surface area (Å²) >= 11 is 0. The summed E-state index contributed by atoms with van der Waals surface area (Å²) in [5, 5.41) is 3.62. The molecule has 0 spiro atoms. The maximum absolute atomic E-state index is 4.44. The number of rotatable bonds is 5. The highest BCUT2D eigenvalue weighted by Gasteiger charge is 2.23. The van der Waals surface area contributed by atoms with Gasteiger partial charge in [-0.1, -0.05) is 49.9 Å². The number of anilines is 1. The third-order valence-electron chi connectivity index (χ3n) is 4.84. The van der Waals surface area contributed by atoms with Crippen molar-refractivity contribution in [3.63, 3.8) is 0 Å². The van der Waals surface area contributed by atoms with Crippen LogP contribution in [-0.4, -0.2) is 16.0 Å². The maximum Gasteiger partial charge on any atom is 0.137 e. The van der Waals surface area contributed by atoms with Crippen LogP contribution < -0.4 is 5.32 Å². The van der Waals surface area contributed by atoms with Gasteiger partial charge in [-0.3, -0.25) is 0 Å². The maximum atomic E-state index is 4.44. The summed E-state index contributed by atoms with van der Waals surface area (Å²) in [5.41, 5.74) is 3.60. The third-order valence-corrected chi connectivity index (χ3v) is 4.84. The molecule has 2 aromatic rings. The molecule has 0 saturated heterocycles. The molecule has 23 heavy (non-hydrogen) atoms. The van der Waals surface area contributed by atoms with Gasteiger partial charge < -0.3 is 5.32 Å². The van der Waals surface area contributed by atoms with Crippen LogP contribution in [0.3, 0.4) is 0 Å². The van der Waals surface area contributed by atoms with Crippen molar-refractivity contribution in [3.8, 4) is 0 Å². The lowest BCUT2D eigenvalue weighted by molar-refractivity contribution is 0.411. The Hall–Kier alpha value is -2.16. The van der Waals surface area contributed by atoms with E-state index in [0.717, 1.165) is 23.5 Å². The molecule has 1 aliphatic carbocycles. The molecule has 1 aromatic carbocycles. The summed E-state index contributed by atoms with van der Waals surface area (Å²) in [7, 11) is 0. The average Bonchev–Trinajstić information content (AvgIpc) is 2.63. The smallest absolute Gasteiger partial charge is 0.137 e. The monoisotopic (exact) mass is 307 g/mol. The molecule has 1 aromatic heterocycles.